The number of para-hydroxylation sites is 1. The molecule has 128 valence electrons. The maximum atomic E-state index is 12.4. The average molecular weight is 358 g/mol. The van der Waals surface area contributed by atoms with E-state index in [1.807, 2.05) is 30.3 Å². The normalized spacial score (nSPS) is 10.6. The molecule has 1 aromatic heterocycles. The highest BCUT2D eigenvalue weighted by Gasteiger charge is 2.08. The summed E-state index contributed by atoms with van der Waals surface area (Å²) in [4.78, 5) is 28.5. The van der Waals surface area contributed by atoms with Crippen LogP contribution in [0.5, 0.6) is 5.75 Å². The van der Waals surface area contributed by atoms with E-state index in [9.17, 15) is 9.59 Å². The van der Waals surface area contributed by atoms with Crippen LogP contribution in [0.3, 0.4) is 0 Å². The minimum Gasteiger partial charge on any atom is -0.492 e. The van der Waals surface area contributed by atoms with E-state index in [-0.39, 0.29) is 18.0 Å². The van der Waals surface area contributed by atoms with Gasteiger partial charge in [-0.15, -0.1) is 0 Å². The van der Waals surface area contributed by atoms with E-state index in [2.05, 4.69) is 10.3 Å². The molecule has 0 aliphatic carbocycles. The molecule has 1 heterocycles. The van der Waals surface area contributed by atoms with E-state index in [1.54, 1.807) is 18.2 Å². The summed E-state index contributed by atoms with van der Waals surface area (Å²) in [6.45, 7) is 0.591. The summed E-state index contributed by atoms with van der Waals surface area (Å²) in [5.74, 6) is 0.458. The molecule has 0 radical (unpaired) electrons. The molecule has 1 N–H and O–H groups in total. The number of benzene rings is 2. The van der Waals surface area contributed by atoms with E-state index in [0.717, 1.165) is 5.75 Å². The number of rotatable bonds is 6. The number of halogens is 1. The summed E-state index contributed by atoms with van der Waals surface area (Å²) >= 11 is 5.89. The number of hydrogen-bond donors (Lipinski definition) is 1. The number of hydrogen-bond acceptors (Lipinski definition) is 4. The monoisotopic (exact) mass is 357 g/mol. The molecule has 6 nitrogen and oxygen atoms in total. The predicted molar refractivity (Wildman–Crippen MR) is 96.0 cm³/mol. The van der Waals surface area contributed by atoms with Crippen molar-refractivity contribution in [1.29, 1.82) is 0 Å². The van der Waals surface area contributed by atoms with Gasteiger partial charge in [-0.25, -0.2) is 4.98 Å². The quantitative estimate of drug-likeness (QED) is 0.687. The third-order valence-corrected chi connectivity index (χ3v) is 3.77. The van der Waals surface area contributed by atoms with E-state index in [4.69, 9.17) is 16.3 Å². The van der Waals surface area contributed by atoms with Gasteiger partial charge < -0.3 is 10.1 Å². The van der Waals surface area contributed by atoms with Crippen LogP contribution < -0.4 is 15.6 Å². The molecule has 2 aromatic carbocycles. The first-order valence-electron chi connectivity index (χ1n) is 7.73. The van der Waals surface area contributed by atoms with Gasteiger partial charge in [0.15, 0.2) is 0 Å². The zero-order chi connectivity index (χ0) is 17.6. The second kappa shape index (κ2) is 7.81. The van der Waals surface area contributed by atoms with Gasteiger partial charge in [-0.3, -0.25) is 14.2 Å². The molecule has 1 amide bonds. The van der Waals surface area contributed by atoms with Crippen molar-refractivity contribution in [3.63, 3.8) is 0 Å². The van der Waals surface area contributed by atoms with Crippen molar-refractivity contribution in [1.82, 2.24) is 14.9 Å². The van der Waals surface area contributed by atoms with Crippen molar-refractivity contribution in [3.05, 3.63) is 70.2 Å². The molecular formula is C18H16ClN3O3. The second-order valence-corrected chi connectivity index (χ2v) is 5.79. The summed E-state index contributed by atoms with van der Waals surface area (Å²) in [5, 5.41) is 3.64. The van der Waals surface area contributed by atoms with Crippen molar-refractivity contribution in [3.8, 4) is 5.75 Å². The smallest absolute Gasteiger partial charge is 0.261 e. The van der Waals surface area contributed by atoms with E-state index in [0.29, 0.717) is 29.1 Å². The van der Waals surface area contributed by atoms with Crippen molar-refractivity contribution in [2.24, 2.45) is 0 Å². The summed E-state index contributed by atoms with van der Waals surface area (Å²) in [6, 6.07) is 14.2. The van der Waals surface area contributed by atoms with Gasteiger partial charge >= 0.3 is 0 Å². The Kier molecular flexibility index (Phi) is 5.30. The molecule has 0 aliphatic rings. The fourth-order valence-corrected chi connectivity index (χ4v) is 2.50. The van der Waals surface area contributed by atoms with E-state index >= 15 is 0 Å². The highest BCUT2D eigenvalue weighted by molar-refractivity contribution is 6.31. The fourth-order valence-electron chi connectivity index (χ4n) is 2.33. The average Bonchev–Trinajstić information content (AvgIpc) is 2.62. The van der Waals surface area contributed by atoms with Gasteiger partial charge in [-0.2, -0.15) is 0 Å². The number of nitrogens with one attached hydrogen (secondary N) is 1. The summed E-state index contributed by atoms with van der Waals surface area (Å²) in [7, 11) is 0. The van der Waals surface area contributed by atoms with Crippen LogP contribution in [0.4, 0.5) is 0 Å². The molecular weight excluding hydrogens is 342 g/mol. The molecule has 0 aliphatic heterocycles. The fraction of sp³-hybridized carbons (Fsp3) is 0.167. The number of aromatic nitrogens is 2. The number of carbonyl (C=O) groups is 1. The number of carbonyl (C=O) groups excluding carboxylic acids is 1. The Balaban J connectivity index is 1.56. The first kappa shape index (κ1) is 17.0. The van der Waals surface area contributed by atoms with Gasteiger partial charge in [0.25, 0.3) is 5.56 Å². The van der Waals surface area contributed by atoms with Crippen molar-refractivity contribution in [2.75, 3.05) is 13.2 Å². The zero-order valence-electron chi connectivity index (χ0n) is 13.3. The third kappa shape index (κ3) is 4.36. The van der Waals surface area contributed by atoms with Crippen LogP contribution in [-0.2, 0) is 11.3 Å². The van der Waals surface area contributed by atoms with Gasteiger partial charge in [0.2, 0.25) is 5.91 Å². The lowest BCUT2D eigenvalue weighted by Gasteiger charge is -2.09. The van der Waals surface area contributed by atoms with Crippen LogP contribution in [-0.4, -0.2) is 28.6 Å². The molecule has 0 spiro atoms. The minimum absolute atomic E-state index is 0.101. The number of fused-ring (bicyclic) bond motifs is 1. The van der Waals surface area contributed by atoms with Gasteiger partial charge in [0, 0.05) is 5.02 Å². The molecule has 7 heteroatoms. The predicted octanol–water partition coefficient (Wildman–Crippen LogP) is 2.25. The zero-order valence-corrected chi connectivity index (χ0v) is 14.1. The molecule has 3 rings (SSSR count). The van der Waals surface area contributed by atoms with Crippen molar-refractivity contribution >= 4 is 28.4 Å². The SMILES string of the molecule is O=C(Cn1cnc2cc(Cl)ccc2c1=O)NCCOc1ccccc1. The molecule has 25 heavy (non-hydrogen) atoms. The Hall–Kier alpha value is -2.86. The van der Waals surface area contributed by atoms with Crippen molar-refractivity contribution < 1.29 is 9.53 Å². The highest BCUT2D eigenvalue weighted by Crippen LogP contribution is 2.14. The topological polar surface area (TPSA) is 73.2 Å². The Morgan fingerprint density at radius 2 is 2.00 bits per heavy atom. The maximum absolute atomic E-state index is 12.4. The van der Waals surface area contributed by atoms with Crippen molar-refractivity contribution in [2.45, 2.75) is 6.54 Å². The first-order chi connectivity index (χ1) is 12.1. The molecule has 0 saturated carbocycles. The van der Waals surface area contributed by atoms with Crippen LogP contribution in [0.2, 0.25) is 5.02 Å². The lowest BCUT2D eigenvalue weighted by atomic mass is 10.2. The summed E-state index contributed by atoms with van der Waals surface area (Å²) in [5.41, 5.74) is 0.225. The maximum Gasteiger partial charge on any atom is 0.261 e. The second-order valence-electron chi connectivity index (χ2n) is 5.35. The number of ether oxygens (including phenoxy) is 1. The van der Waals surface area contributed by atoms with E-state index < -0.39 is 0 Å². The largest absolute Gasteiger partial charge is 0.492 e. The van der Waals surface area contributed by atoms with Gasteiger partial charge in [-0.1, -0.05) is 29.8 Å². The lowest BCUT2D eigenvalue weighted by molar-refractivity contribution is -0.121. The third-order valence-electron chi connectivity index (χ3n) is 3.54. The first-order valence-corrected chi connectivity index (χ1v) is 8.10. The van der Waals surface area contributed by atoms with E-state index in [1.165, 1.54) is 10.9 Å². The van der Waals surface area contributed by atoms with Gasteiger partial charge in [0.1, 0.15) is 18.9 Å². The standard InChI is InChI=1S/C18H16ClN3O3/c19-13-6-7-15-16(10-13)21-12-22(18(15)24)11-17(23)20-8-9-25-14-4-2-1-3-5-14/h1-7,10,12H,8-9,11H2,(H,20,23). The summed E-state index contributed by atoms with van der Waals surface area (Å²) in [6.07, 6.45) is 1.35. The van der Waals surface area contributed by atoms with Gasteiger partial charge in [0.05, 0.1) is 23.8 Å². The van der Waals surface area contributed by atoms with Crippen LogP contribution in [0.1, 0.15) is 0 Å². The van der Waals surface area contributed by atoms with Crippen LogP contribution in [0.15, 0.2) is 59.7 Å². The number of amides is 1. The molecule has 0 saturated heterocycles. The molecule has 0 bridgehead atoms. The minimum atomic E-state index is -0.283. The number of nitrogens with zero attached hydrogens (tertiary/aromatic N) is 2. The summed E-state index contributed by atoms with van der Waals surface area (Å²) < 4.78 is 6.76. The van der Waals surface area contributed by atoms with Crippen LogP contribution >= 0.6 is 11.6 Å². The molecule has 0 unspecified atom stereocenters. The Morgan fingerprint density at radius 3 is 2.80 bits per heavy atom. The highest BCUT2D eigenvalue weighted by atomic mass is 35.5. The van der Waals surface area contributed by atoms with Crippen LogP contribution in [0.25, 0.3) is 10.9 Å². The molecule has 0 atom stereocenters. The Bertz CT molecular complexity index is 941. The van der Waals surface area contributed by atoms with Gasteiger partial charge in [-0.05, 0) is 30.3 Å². The molecule has 3 aromatic rings. The Morgan fingerprint density at radius 1 is 1.20 bits per heavy atom. The lowest BCUT2D eigenvalue weighted by Crippen LogP contribution is -2.34. The van der Waals surface area contributed by atoms with Crippen LogP contribution in [0, 0.1) is 0 Å². The Labute approximate surface area is 149 Å². The molecule has 0 fully saturated rings.